The predicted molar refractivity (Wildman–Crippen MR) is 132 cm³/mol. The van der Waals surface area contributed by atoms with Gasteiger partial charge in [-0.1, -0.05) is 19.1 Å². The highest BCUT2D eigenvalue weighted by molar-refractivity contribution is 5.95. The average molecular weight is 483 g/mol. The van der Waals surface area contributed by atoms with Crippen LogP contribution in [0, 0.1) is 0 Å². The van der Waals surface area contributed by atoms with Crippen LogP contribution in [0.2, 0.25) is 0 Å². The fourth-order valence-electron chi connectivity index (χ4n) is 3.95. The summed E-state index contributed by atoms with van der Waals surface area (Å²) in [7, 11) is 1.58. The average Bonchev–Trinajstić information content (AvgIpc) is 2.83. The first-order chi connectivity index (χ1) is 16.8. The molecule has 9 heteroatoms. The lowest BCUT2D eigenvalue weighted by Gasteiger charge is -2.23. The predicted octanol–water partition coefficient (Wildman–Crippen LogP) is 3.37. The topological polar surface area (TPSA) is 130 Å². The van der Waals surface area contributed by atoms with E-state index in [4.69, 9.17) is 14.2 Å². The van der Waals surface area contributed by atoms with Gasteiger partial charge in [0.2, 0.25) is 11.3 Å². The first-order valence-electron chi connectivity index (χ1n) is 11.4. The molecule has 0 radical (unpaired) electrons. The number of benzene rings is 2. The highest BCUT2D eigenvalue weighted by Crippen LogP contribution is 2.39. The number of rotatable bonds is 7. The summed E-state index contributed by atoms with van der Waals surface area (Å²) in [6.45, 7) is 3.98. The molecule has 0 bridgehead atoms. The van der Waals surface area contributed by atoms with E-state index in [2.05, 4.69) is 5.73 Å². The molecular formula is C26H30N2O7. The van der Waals surface area contributed by atoms with Gasteiger partial charge < -0.3 is 29.6 Å². The van der Waals surface area contributed by atoms with Crippen molar-refractivity contribution in [1.82, 2.24) is 4.57 Å². The third-order valence-electron chi connectivity index (χ3n) is 5.34. The van der Waals surface area contributed by atoms with Gasteiger partial charge in [0, 0.05) is 18.7 Å². The molecule has 1 aromatic heterocycles. The number of carbonyl (C=O) groups is 2. The number of carbonyl (C=O) groups excluding carboxylic acids is 1. The molecule has 3 N–H and O–H groups in total. The number of fused-ring (bicyclic) bond motifs is 3. The largest absolute Gasteiger partial charge is 0.497 e. The van der Waals surface area contributed by atoms with Gasteiger partial charge in [-0.05, 0) is 48.6 Å². The maximum atomic E-state index is 13.7. The summed E-state index contributed by atoms with van der Waals surface area (Å²) in [5, 5.41) is 9.92. The number of carboxylic acid groups (broad SMARTS) is 1. The molecule has 3 aromatic rings. The SMILES string of the molecule is CC(N)=O.CCCOc1cc2c(c3c(=O)c(-c4ccc(OC)cc4)cn(CC(=O)O)c13)OCCC2. The van der Waals surface area contributed by atoms with Crippen molar-refractivity contribution in [2.75, 3.05) is 20.3 Å². The number of pyridine rings is 1. The van der Waals surface area contributed by atoms with Crippen LogP contribution in [0.4, 0.5) is 0 Å². The van der Waals surface area contributed by atoms with Gasteiger partial charge in [-0.15, -0.1) is 0 Å². The van der Waals surface area contributed by atoms with Crippen molar-refractivity contribution in [1.29, 1.82) is 0 Å². The third-order valence-corrected chi connectivity index (χ3v) is 5.34. The van der Waals surface area contributed by atoms with E-state index in [0.717, 1.165) is 24.8 Å². The summed E-state index contributed by atoms with van der Waals surface area (Å²) in [6, 6.07) is 9.01. The summed E-state index contributed by atoms with van der Waals surface area (Å²) in [4.78, 5) is 34.6. The zero-order valence-corrected chi connectivity index (χ0v) is 20.1. The van der Waals surface area contributed by atoms with Gasteiger partial charge >= 0.3 is 5.97 Å². The molecule has 0 saturated carbocycles. The number of nitrogens with two attached hydrogens (primary N) is 1. The van der Waals surface area contributed by atoms with Gasteiger partial charge in [0.15, 0.2) is 0 Å². The lowest BCUT2D eigenvalue weighted by atomic mass is 9.98. The molecule has 9 nitrogen and oxygen atoms in total. The lowest BCUT2D eigenvalue weighted by Crippen LogP contribution is -2.20. The Morgan fingerprint density at radius 2 is 1.91 bits per heavy atom. The Morgan fingerprint density at radius 1 is 1.23 bits per heavy atom. The molecular weight excluding hydrogens is 452 g/mol. The van der Waals surface area contributed by atoms with Gasteiger partial charge in [0.05, 0.1) is 31.2 Å². The van der Waals surface area contributed by atoms with Crippen molar-refractivity contribution in [2.24, 2.45) is 5.73 Å². The van der Waals surface area contributed by atoms with Crippen LogP contribution in [0.25, 0.3) is 22.0 Å². The number of aromatic nitrogens is 1. The highest BCUT2D eigenvalue weighted by Gasteiger charge is 2.24. The number of hydrogen-bond donors (Lipinski definition) is 2. The number of nitrogens with zero attached hydrogens (tertiary/aromatic N) is 1. The summed E-state index contributed by atoms with van der Waals surface area (Å²) in [5.74, 6) is 0.377. The maximum Gasteiger partial charge on any atom is 0.323 e. The Hall–Kier alpha value is -4.01. The van der Waals surface area contributed by atoms with Crippen molar-refractivity contribution in [3.63, 3.8) is 0 Å². The van der Waals surface area contributed by atoms with E-state index >= 15 is 0 Å². The molecule has 0 fully saturated rings. The van der Waals surface area contributed by atoms with E-state index in [1.54, 1.807) is 42.1 Å². The lowest BCUT2D eigenvalue weighted by molar-refractivity contribution is -0.137. The molecule has 1 aliphatic heterocycles. The number of aliphatic carboxylic acids is 1. The molecule has 1 aliphatic rings. The highest BCUT2D eigenvalue weighted by atomic mass is 16.5. The fraction of sp³-hybridized carbons (Fsp3) is 0.346. The van der Waals surface area contributed by atoms with Crippen LogP contribution in [-0.4, -0.2) is 41.9 Å². The number of aryl methyl sites for hydroxylation is 1. The van der Waals surface area contributed by atoms with Crippen LogP contribution >= 0.6 is 0 Å². The monoisotopic (exact) mass is 482 g/mol. The second kappa shape index (κ2) is 11.4. The van der Waals surface area contributed by atoms with Crippen molar-refractivity contribution in [3.05, 3.63) is 52.3 Å². The number of carboxylic acids is 1. The standard InChI is InChI=1S/C24H25NO6.C2H5NO/c1-3-10-30-19-12-16-5-4-11-31-24(16)21-22(19)25(14-20(26)27)13-18(23(21)28)15-6-8-17(29-2)9-7-15;1-2(3)4/h6-9,12-13H,3-5,10-11,14H2,1-2H3,(H,26,27);1H3,(H2,3,4). The van der Waals surface area contributed by atoms with Crippen LogP contribution in [0.5, 0.6) is 17.2 Å². The van der Waals surface area contributed by atoms with E-state index in [1.807, 2.05) is 13.0 Å². The Labute approximate surface area is 203 Å². The third kappa shape index (κ3) is 5.92. The number of ether oxygens (including phenoxy) is 3. The molecule has 2 aromatic carbocycles. The maximum absolute atomic E-state index is 13.7. The van der Waals surface area contributed by atoms with Crippen LogP contribution in [0.3, 0.4) is 0 Å². The van der Waals surface area contributed by atoms with E-state index in [-0.39, 0.29) is 17.9 Å². The molecule has 4 rings (SSSR count). The quantitative estimate of drug-likeness (QED) is 0.528. The van der Waals surface area contributed by atoms with Gasteiger partial charge in [0.25, 0.3) is 0 Å². The second-order valence-corrected chi connectivity index (χ2v) is 8.12. The van der Waals surface area contributed by atoms with Gasteiger partial charge in [-0.25, -0.2) is 0 Å². The van der Waals surface area contributed by atoms with Crippen molar-refractivity contribution in [2.45, 2.75) is 39.7 Å². The number of primary amides is 1. The Kier molecular flexibility index (Phi) is 8.35. The van der Waals surface area contributed by atoms with Crippen molar-refractivity contribution in [3.8, 4) is 28.4 Å². The normalized spacial score (nSPS) is 12.1. The first-order valence-corrected chi connectivity index (χ1v) is 11.4. The Bertz CT molecular complexity index is 1280. The van der Waals surface area contributed by atoms with Crippen molar-refractivity contribution >= 4 is 22.8 Å². The molecule has 2 heterocycles. The number of hydrogen-bond acceptors (Lipinski definition) is 6. The minimum atomic E-state index is -1.01. The van der Waals surface area contributed by atoms with E-state index < -0.39 is 5.97 Å². The molecule has 0 aliphatic carbocycles. The minimum absolute atomic E-state index is 0.207. The molecule has 186 valence electrons. The number of amides is 1. The van der Waals surface area contributed by atoms with Crippen molar-refractivity contribution < 1.29 is 28.9 Å². The zero-order valence-electron chi connectivity index (χ0n) is 20.1. The molecule has 0 atom stereocenters. The Balaban J connectivity index is 0.000000795. The van der Waals surface area contributed by atoms with Gasteiger partial charge in [-0.2, -0.15) is 0 Å². The molecule has 35 heavy (non-hydrogen) atoms. The van der Waals surface area contributed by atoms with Gasteiger partial charge in [0.1, 0.15) is 23.8 Å². The van der Waals surface area contributed by atoms with Crippen LogP contribution in [0.1, 0.15) is 32.3 Å². The summed E-state index contributed by atoms with van der Waals surface area (Å²) < 4.78 is 18.7. The smallest absolute Gasteiger partial charge is 0.323 e. The summed E-state index contributed by atoms with van der Waals surface area (Å²) in [5.41, 5.74) is 6.72. The van der Waals surface area contributed by atoms with Crippen LogP contribution in [0.15, 0.2) is 41.3 Å². The molecule has 1 amide bonds. The number of methoxy groups -OCH3 is 1. The van der Waals surface area contributed by atoms with Crippen LogP contribution in [-0.2, 0) is 22.6 Å². The summed E-state index contributed by atoms with van der Waals surface area (Å²) in [6.07, 6.45) is 4.02. The Morgan fingerprint density at radius 3 is 2.51 bits per heavy atom. The molecule has 0 unspecified atom stereocenters. The zero-order chi connectivity index (χ0) is 25.5. The minimum Gasteiger partial charge on any atom is -0.497 e. The van der Waals surface area contributed by atoms with Crippen LogP contribution < -0.4 is 25.4 Å². The van der Waals surface area contributed by atoms with E-state index in [0.29, 0.717) is 52.5 Å². The molecule has 0 spiro atoms. The van der Waals surface area contributed by atoms with E-state index in [9.17, 15) is 19.5 Å². The fourth-order valence-corrected chi connectivity index (χ4v) is 3.95. The summed E-state index contributed by atoms with van der Waals surface area (Å²) >= 11 is 0. The first kappa shape index (κ1) is 25.6. The molecule has 0 saturated heterocycles. The van der Waals surface area contributed by atoms with E-state index in [1.165, 1.54) is 6.92 Å². The van der Waals surface area contributed by atoms with Gasteiger partial charge in [-0.3, -0.25) is 14.4 Å². The second-order valence-electron chi connectivity index (χ2n) is 8.12.